The topological polar surface area (TPSA) is 101 Å². The molecule has 3 aromatic heterocycles. The van der Waals surface area contributed by atoms with Gasteiger partial charge in [-0.1, -0.05) is 0 Å². The molecule has 5 heterocycles. The number of hydrogen-bond donors (Lipinski definition) is 2. The molecule has 0 aliphatic carbocycles. The summed E-state index contributed by atoms with van der Waals surface area (Å²) >= 11 is 0. The van der Waals surface area contributed by atoms with Crippen LogP contribution in [0.2, 0.25) is 0 Å². The van der Waals surface area contributed by atoms with Crippen LogP contribution in [-0.2, 0) is 0 Å². The quantitative estimate of drug-likeness (QED) is 0.681. The number of nitrogens with zero attached hydrogens (tertiary/aromatic N) is 7. The maximum absolute atomic E-state index is 5.97. The first kappa shape index (κ1) is 18.1. The van der Waals surface area contributed by atoms with E-state index in [4.69, 9.17) is 15.7 Å². The molecule has 9 heteroatoms. The lowest BCUT2D eigenvalue weighted by Gasteiger charge is -2.37. The summed E-state index contributed by atoms with van der Waals surface area (Å²) in [6.45, 7) is 7.90. The molecule has 3 N–H and O–H groups in total. The summed E-state index contributed by atoms with van der Waals surface area (Å²) < 4.78 is 2.00. The van der Waals surface area contributed by atoms with Crippen LogP contribution in [0.15, 0.2) is 24.5 Å². The fraction of sp³-hybridized carbons (Fsp3) is 0.500. The Balaban J connectivity index is 1.48. The lowest BCUT2D eigenvalue weighted by molar-refractivity contribution is 0.509. The molecule has 2 saturated heterocycles. The van der Waals surface area contributed by atoms with Crippen LogP contribution in [0.4, 0.5) is 23.4 Å². The summed E-state index contributed by atoms with van der Waals surface area (Å²) in [6.07, 6.45) is 6.11. The van der Waals surface area contributed by atoms with E-state index in [-0.39, 0.29) is 12.1 Å². The fourth-order valence-corrected chi connectivity index (χ4v) is 3.96. The van der Waals surface area contributed by atoms with Crippen LogP contribution < -0.4 is 20.9 Å². The summed E-state index contributed by atoms with van der Waals surface area (Å²) in [5.74, 6) is 3.19. The summed E-state index contributed by atoms with van der Waals surface area (Å²) in [5.41, 5.74) is 7.02. The molecule has 0 bridgehead atoms. The van der Waals surface area contributed by atoms with Crippen LogP contribution in [0.5, 0.6) is 0 Å². The van der Waals surface area contributed by atoms with Gasteiger partial charge < -0.3 is 20.9 Å². The van der Waals surface area contributed by atoms with E-state index in [2.05, 4.69) is 39.0 Å². The molecule has 9 nitrogen and oxygen atoms in total. The Kier molecular flexibility index (Phi) is 4.46. The van der Waals surface area contributed by atoms with Crippen molar-refractivity contribution in [3.05, 3.63) is 24.5 Å². The Labute approximate surface area is 169 Å². The largest absolute Gasteiger partial charge is 0.356 e. The molecule has 2 fully saturated rings. The zero-order valence-electron chi connectivity index (χ0n) is 16.9. The minimum Gasteiger partial charge on any atom is -0.356 e. The number of aromatic nitrogens is 5. The van der Waals surface area contributed by atoms with Gasteiger partial charge in [0, 0.05) is 62.0 Å². The van der Waals surface area contributed by atoms with Gasteiger partial charge in [-0.25, -0.2) is 4.98 Å². The first-order valence-electron chi connectivity index (χ1n) is 10.3. The van der Waals surface area contributed by atoms with Crippen LogP contribution in [-0.4, -0.2) is 57.0 Å². The Bertz CT molecular complexity index is 1020. The molecular weight excluding hydrogens is 366 g/mol. The van der Waals surface area contributed by atoms with E-state index in [0.29, 0.717) is 0 Å². The first-order chi connectivity index (χ1) is 14.1. The Morgan fingerprint density at radius 3 is 2.55 bits per heavy atom. The minimum absolute atomic E-state index is 0.200. The SMILES string of the molecule is CC(C)n1ncc2cnc(Nc3cc(N4CCCC4)nc(N4CC(N)C4)n3)cc21. The Morgan fingerprint density at radius 1 is 1.03 bits per heavy atom. The molecule has 0 radical (unpaired) electrons. The minimum atomic E-state index is 0.200. The van der Waals surface area contributed by atoms with E-state index in [1.54, 1.807) is 0 Å². The maximum Gasteiger partial charge on any atom is 0.229 e. The summed E-state index contributed by atoms with van der Waals surface area (Å²) in [7, 11) is 0. The summed E-state index contributed by atoms with van der Waals surface area (Å²) in [4.78, 5) is 18.5. The zero-order chi connectivity index (χ0) is 20.0. The average molecular weight is 393 g/mol. The van der Waals surface area contributed by atoms with Gasteiger partial charge in [-0.2, -0.15) is 15.1 Å². The van der Waals surface area contributed by atoms with Gasteiger partial charge >= 0.3 is 0 Å². The van der Waals surface area contributed by atoms with E-state index in [9.17, 15) is 0 Å². The van der Waals surface area contributed by atoms with Crippen LogP contribution in [0.1, 0.15) is 32.7 Å². The van der Waals surface area contributed by atoms with Crippen molar-refractivity contribution in [2.75, 3.05) is 41.3 Å². The highest BCUT2D eigenvalue weighted by atomic mass is 15.3. The molecule has 5 rings (SSSR count). The molecule has 0 atom stereocenters. The van der Waals surface area contributed by atoms with Crippen LogP contribution in [0.25, 0.3) is 10.9 Å². The molecule has 0 unspecified atom stereocenters. The third kappa shape index (κ3) is 3.46. The number of pyridine rings is 1. The van der Waals surface area contributed by atoms with Gasteiger partial charge in [-0.3, -0.25) is 4.68 Å². The van der Waals surface area contributed by atoms with Crippen molar-refractivity contribution >= 4 is 34.3 Å². The van der Waals surface area contributed by atoms with Gasteiger partial charge in [0.15, 0.2) is 0 Å². The zero-order valence-corrected chi connectivity index (χ0v) is 16.9. The van der Waals surface area contributed by atoms with Gasteiger partial charge in [0.2, 0.25) is 5.95 Å². The molecule has 0 spiro atoms. The van der Waals surface area contributed by atoms with Crippen LogP contribution >= 0.6 is 0 Å². The number of fused-ring (bicyclic) bond motifs is 1. The molecule has 2 aliphatic heterocycles. The number of rotatable bonds is 5. The van der Waals surface area contributed by atoms with Crippen molar-refractivity contribution < 1.29 is 0 Å². The lowest BCUT2D eigenvalue weighted by atomic mass is 10.1. The predicted octanol–water partition coefficient (Wildman–Crippen LogP) is 2.29. The molecule has 0 amide bonds. The third-order valence-corrected chi connectivity index (χ3v) is 5.55. The lowest BCUT2D eigenvalue weighted by Crippen LogP contribution is -2.56. The van der Waals surface area contributed by atoms with Crippen LogP contribution in [0, 0.1) is 0 Å². The molecule has 3 aromatic rings. The third-order valence-electron chi connectivity index (χ3n) is 5.55. The molecule has 0 aromatic carbocycles. The predicted molar refractivity (Wildman–Crippen MR) is 115 cm³/mol. The van der Waals surface area contributed by atoms with E-state index < -0.39 is 0 Å². The van der Waals surface area contributed by atoms with Gasteiger partial charge in [0.25, 0.3) is 0 Å². The van der Waals surface area contributed by atoms with Crippen molar-refractivity contribution in [1.29, 1.82) is 0 Å². The van der Waals surface area contributed by atoms with Crippen molar-refractivity contribution in [2.24, 2.45) is 5.73 Å². The second-order valence-electron chi connectivity index (χ2n) is 8.21. The molecule has 29 heavy (non-hydrogen) atoms. The van der Waals surface area contributed by atoms with E-state index >= 15 is 0 Å². The van der Waals surface area contributed by atoms with Crippen molar-refractivity contribution in [2.45, 2.75) is 38.8 Å². The first-order valence-corrected chi connectivity index (χ1v) is 10.3. The van der Waals surface area contributed by atoms with Gasteiger partial charge in [-0.15, -0.1) is 0 Å². The van der Waals surface area contributed by atoms with E-state index in [1.807, 2.05) is 29.2 Å². The molecule has 0 saturated carbocycles. The number of nitrogens with two attached hydrogens (primary N) is 1. The Hall–Kier alpha value is -2.94. The smallest absolute Gasteiger partial charge is 0.229 e. The highest BCUT2D eigenvalue weighted by Gasteiger charge is 2.27. The second-order valence-corrected chi connectivity index (χ2v) is 8.21. The van der Waals surface area contributed by atoms with Crippen LogP contribution in [0.3, 0.4) is 0 Å². The summed E-state index contributed by atoms with van der Waals surface area (Å²) in [5, 5.41) is 8.88. The summed E-state index contributed by atoms with van der Waals surface area (Å²) in [6, 6.07) is 4.52. The van der Waals surface area contributed by atoms with Crippen molar-refractivity contribution in [3.8, 4) is 0 Å². The van der Waals surface area contributed by atoms with Crippen molar-refractivity contribution in [3.63, 3.8) is 0 Å². The Morgan fingerprint density at radius 2 is 1.83 bits per heavy atom. The normalized spacial score (nSPS) is 17.4. The van der Waals surface area contributed by atoms with Gasteiger partial charge in [0.1, 0.15) is 17.5 Å². The number of anilines is 4. The maximum atomic E-state index is 5.97. The highest BCUT2D eigenvalue weighted by molar-refractivity contribution is 5.81. The van der Waals surface area contributed by atoms with Gasteiger partial charge in [-0.05, 0) is 26.7 Å². The second kappa shape index (κ2) is 7.14. The van der Waals surface area contributed by atoms with E-state index in [1.165, 1.54) is 12.8 Å². The van der Waals surface area contributed by atoms with E-state index in [0.717, 1.165) is 60.5 Å². The number of hydrogen-bond acceptors (Lipinski definition) is 8. The van der Waals surface area contributed by atoms with Gasteiger partial charge in [0.05, 0.1) is 11.7 Å². The highest BCUT2D eigenvalue weighted by Crippen LogP contribution is 2.28. The monoisotopic (exact) mass is 393 g/mol. The number of nitrogens with one attached hydrogen (secondary N) is 1. The molecular formula is C20H27N9. The molecule has 2 aliphatic rings. The standard InChI is InChI=1S/C20H27N9/c1-13(2)29-16-7-17(22-9-14(16)10-23-29)24-18-8-19(27-5-3-4-6-27)26-20(25-18)28-11-15(21)12-28/h7-10,13,15H,3-6,11-12,21H2,1-2H3,(H,22,24,25,26). The average Bonchev–Trinajstić information content (AvgIpc) is 3.35. The fourth-order valence-electron chi connectivity index (χ4n) is 3.96. The van der Waals surface area contributed by atoms with Crippen molar-refractivity contribution in [1.82, 2.24) is 24.7 Å². The molecule has 152 valence electrons.